The van der Waals surface area contributed by atoms with Crippen LogP contribution in [-0.4, -0.2) is 20.5 Å². The second kappa shape index (κ2) is 22.7. The van der Waals surface area contributed by atoms with Crippen LogP contribution >= 0.6 is 0 Å². The maximum atomic E-state index is 8.36. The molecule has 0 aliphatic carbocycles. The normalized spacial score (nSPS) is 5.14. The van der Waals surface area contributed by atoms with Crippen LogP contribution in [0.1, 0.15) is 0 Å². The minimum atomic E-state index is -1.75. The Hall–Kier alpha value is -0.863. The van der Waals surface area contributed by atoms with Gasteiger partial charge in [-0.1, -0.05) is 0 Å². The van der Waals surface area contributed by atoms with Gasteiger partial charge in [0.15, 0.2) is 0 Å². The molecule has 12 nitrogen and oxygen atoms in total. The fourth-order valence-electron chi connectivity index (χ4n) is 0. The number of rotatable bonds is 0. The van der Waals surface area contributed by atoms with Gasteiger partial charge in [-0.05, 0) is 0 Å². The van der Waals surface area contributed by atoms with Crippen molar-refractivity contribution in [2.75, 3.05) is 0 Å². The zero-order valence-electron chi connectivity index (χ0n) is 5.72. The molecular weight excluding hydrogens is 389 g/mol. The number of hydrogen-bond acceptors (Lipinski definition) is 8. The molecule has 0 bridgehead atoms. The third kappa shape index (κ3) is 1540. The topological polar surface area (TPSA) is 196 Å². The molecule has 0 aliphatic rings. The van der Waals surface area contributed by atoms with Crippen molar-refractivity contribution in [3.63, 3.8) is 0 Å². The van der Waals surface area contributed by atoms with Crippen LogP contribution in [0.15, 0.2) is 0 Å². The van der Waals surface area contributed by atoms with E-state index in [1.165, 1.54) is 0 Å². The molecule has 0 saturated heterocycles. The Bertz CT molecular complexity index is 118. The van der Waals surface area contributed by atoms with Gasteiger partial charge in [0.05, 0.1) is 10.2 Å². The molecular formula is HClErN3O9. The minimum absolute atomic E-state index is 0. The molecule has 0 spiro atoms. The van der Waals surface area contributed by atoms with E-state index in [4.69, 9.17) is 46.0 Å². The smallest absolute Gasteiger partial charge is 1.00 e. The van der Waals surface area contributed by atoms with Gasteiger partial charge in [-0.3, -0.25) is 0 Å². The Morgan fingerprint density at radius 1 is 0.786 bits per heavy atom. The Morgan fingerprint density at radius 2 is 0.786 bits per heavy atom. The molecule has 0 unspecified atom stereocenters. The van der Waals surface area contributed by atoms with Gasteiger partial charge in [-0.2, -0.15) is 0 Å². The van der Waals surface area contributed by atoms with E-state index in [2.05, 4.69) is 0 Å². The summed E-state index contributed by atoms with van der Waals surface area (Å²) < 4.78 is 0. The fraction of sp³-hybridized carbons (Fsp3) is 0. The van der Waals surface area contributed by atoms with Crippen LogP contribution in [0.2, 0.25) is 0 Å². The molecule has 14 heavy (non-hydrogen) atoms. The molecule has 0 saturated carbocycles. The zero-order chi connectivity index (χ0) is 10.7. The molecule has 0 aromatic heterocycles. The van der Waals surface area contributed by atoms with E-state index in [1.807, 2.05) is 0 Å². The molecule has 1 radical (unpaired) electrons. The summed E-state index contributed by atoms with van der Waals surface area (Å²) >= 11 is 0. The van der Waals surface area contributed by atoms with Crippen molar-refractivity contribution < 1.29 is 70.2 Å². The first-order chi connectivity index (χ1) is 5.20. The molecule has 0 aromatic rings. The van der Waals surface area contributed by atoms with Crippen LogP contribution < -0.4 is 12.4 Å². The monoisotopic (exact) mass is 388 g/mol. The molecule has 0 atom stereocenters. The van der Waals surface area contributed by atoms with E-state index in [1.54, 1.807) is 0 Å². The van der Waals surface area contributed by atoms with Crippen molar-refractivity contribution in [1.82, 2.24) is 0 Å². The predicted octanol–water partition coefficient (Wildman–Crippen LogP) is -3.82. The van der Waals surface area contributed by atoms with E-state index in [-0.39, 0.29) is 49.7 Å². The first kappa shape index (κ1) is 29.2. The van der Waals surface area contributed by atoms with Crippen LogP contribution in [0.5, 0.6) is 0 Å². The third-order valence-electron chi connectivity index (χ3n) is 0. The van der Waals surface area contributed by atoms with Gasteiger partial charge in [0.2, 0.25) is 0 Å². The Morgan fingerprint density at radius 3 is 0.786 bits per heavy atom. The maximum Gasteiger partial charge on any atom is 3.00 e. The third-order valence-corrected chi connectivity index (χ3v) is 0. The number of halogens is 1. The summed E-state index contributed by atoms with van der Waals surface area (Å²) in [6.45, 7) is 0. The molecule has 14 heteroatoms. The molecule has 1 N–H and O–H groups in total. The van der Waals surface area contributed by atoms with Crippen molar-refractivity contribution in [2.24, 2.45) is 0 Å². The molecule has 0 heterocycles. The van der Waals surface area contributed by atoms with E-state index in [9.17, 15) is 0 Å². The van der Waals surface area contributed by atoms with Crippen LogP contribution in [0.25, 0.3) is 0 Å². The molecule has 0 aromatic carbocycles. The van der Waals surface area contributed by atoms with Crippen LogP contribution in [-0.2, 0) is 0 Å². The molecule has 0 fully saturated rings. The van der Waals surface area contributed by atoms with Gasteiger partial charge >= 0.3 is 37.3 Å². The molecule has 0 rings (SSSR count). The van der Waals surface area contributed by atoms with Crippen LogP contribution in [0.4, 0.5) is 0 Å². The zero-order valence-corrected chi connectivity index (χ0v) is 8.33. The summed E-state index contributed by atoms with van der Waals surface area (Å²) in [5.41, 5.74) is 0. The van der Waals surface area contributed by atoms with Gasteiger partial charge in [0.1, 0.15) is 0 Å². The van der Waals surface area contributed by atoms with Crippen molar-refractivity contribution in [3.05, 3.63) is 40.8 Å². The summed E-state index contributed by atoms with van der Waals surface area (Å²) in [4.78, 5) is 24.9. The summed E-state index contributed by atoms with van der Waals surface area (Å²) in [6, 6.07) is 0. The minimum Gasteiger partial charge on any atom is -1.00 e. The predicted molar refractivity (Wildman–Crippen MR) is 29.5 cm³/mol. The maximum absolute atomic E-state index is 8.36. The van der Waals surface area contributed by atoms with Gasteiger partial charge in [-0.25, -0.2) is 0 Å². The van der Waals surface area contributed by atoms with Crippen molar-refractivity contribution in [1.29, 1.82) is 0 Å². The average molecular weight is 390 g/mol. The first-order valence-corrected chi connectivity index (χ1v) is 1.66. The molecule has 0 aliphatic heterocycles. The first-order valence-electron chi connectivity index (χ1n) is 1.66. The standard InChI is InChI=1S/ClH.Er.HNO3.2NO3/c;;3*2-1(3)4/h1H;;(H,2,3,4);;/q;+3;;2*-1/p-1. The summed E-state index contributed by atoms with van der Waals surface area (Å²) in [7, 11) is 0. The fourth-order valence-corrected chi connectivity index (χ4v) is 0. The second-order valence-electron chi connectivity index (χ2n) is 0.685. The largest absolute Gasteiger partial charge is 3.00 e. The van der Waals surface area contributed by atoms with E-state index < -0.39 is 15.3 Å². The van der Waals surface area contributed by atoms with Gasteiger partial charge < -0.3 is 48.3 Å². The van der Waals surface area contributed by atoms with Crippen LogP contribution in [0, 0.1) is 78.1 Å². The summed E-state index contributed by atoms with van der Waals surface area (Å²) in [5.74, 6) is 0. The Kier molecular flexibility index (Phi) is 47.5. The number of nitrogens with zero attached hydrogens (tertiary/aromatic N) is 3. The SMILES string of the molecule is O=[N+]([O-])O.O=[N+]([O-])[O-].O=[N+]([O-])[O-].[Cl-].[Er+3]. The Labute approximate surface area is 110 Å². The quantitative estimate of drug-likeness (QED) is 0.318. The van der Waals surface area contributed by atoms with Crippen molar-refractivity contribution in [3.8, 4) is 0 Å². The van der Waals surface area contributed by atoms with Gasteiger partial charge in [-0.15, -0.1) is 10.1 Å². The van der Waals surface area contributed by atoms with Gasteiger partial charge in [0.25, 0.3) is 5.09 Å². The molecule has 89 valence electrons. The Balaban J connectivity index is -0.0000000270. The van der Waals surface area contributed by atoms with Crippen LogP contribution in [0.3, 0.4) is 0 Å². The van der Waals surface area contributed by atoms with E-state index >= 15 is 0 Å². The average Bonchev–Trinajstić information content (AvgIpc) is 1.54. The number of hydrogen-bond donors (Lipinski definition) is 1. The van der Waals surface area contributed by atoms with E-state index in [0.29, 0.717) is 0 Å². The van der Waals surface area contributed by atoms with Gasteiger partial charge in [0, 0.05) is 0 Å². The summed E-state index contributed by atoms with van der Waals surface area (Å²) in [6.07, 6.45) is 0. The van der Waals surface area contributed by atoms with Crippen molar-refractivity contribution in [2.45, 2.75) is 0 Å². The second-order valence-corrected chi connectivity index (χ2v) is 0.685. The van der Waals surface area contributed by atoms with Crippen molar-refractivity contribution >= 4 is 0 Å². The van der Waals surface area contributed by atoms with E-state index in [0.717, 1.165) is 0 Å². The molecule has 0 amide bonds. The summed E-state index contributed by atoms with van der Waals surface area (Å²) in [5, 5.41) is 43.1.